The van der Waals surface area contributed by atoms with Crippen LogP contribution < -0.4 is 33.2 Å². The number of carboxylic acids is 3. The SMILES string of the molecule is CC(C)CC(NC(=O)C(CCCN=C(N)N)NC(=O)C(CCC(=O)O)NC(=O)C(N)CCC(=O)O)C(=O)O. The first-order valence-corrected chi connectivity index (χ1v) is 12.0. The number of nitrogens with one attached hydrogen (secondary N) is 3. The number of aliphatic imine (C=N–C) groups is 1. The molecule has 4 unspecified atom stereocenters. The highest BCUT2D eigenvalue weighted by atomic mass is 16.4. The third-order valence-electron chi connectivity index (χ3n) is 5.19. The summed E-state index contributed by atoms with van der Waals surface area (Å²) < 4.78 is 0. The molecule has 0 aliphatic rings. The molecule has 0 aromatic heterocycles. The van der Waals surface area contributed by atoms with E-state index in [-0.39, 0.29) is 50.5 Å². The van der Waals surface area contributed by atoms with Crippen LogP contribution in [0.4, 0.5) is 0 Å². The van der Waals surface area contributed by atoms with Crippen molar-refractivity contribution in [3.8, 4) is 0 Å². The van der Waals surface area contributed by atoms with Crippen molar-refractivity contribution in [2.24, 2.45) is 28.1 Å². The summed E-state index contributed by atoms with van der Waals surface area (Å²) in [6.07, 6.45) is -1.17. The second-order valence-corrected chi connectivity index (χ2v) is 9.07. The Morgan fingerprint density at radius 1 is 0.737 bits per heavy atom. The van der Waals surface area contributed by atoms with Gasteiger partial charge in [0.2, 0.25) is 17.7 Å². The van der Waals surface area contributed by atoms with Crippen LogP contribution in [0.25, 0.3) is 0 Å². The molecule has 4 atom stereocenters. The summed E-state index contributed by atoms with van der Waals surface area (Å²) in [5, 5.41) is 34.3. The lowest BCUT2D eigenvalue weighted by molar-refractivity contribution is -0.143. The Morgan fingerprint density at radius 2 is 1.21 bits per heavy atom. The topological polar surface area (TPSA) is 290 Å². The van der Waals surface area contributed by atoms with E-state index in [2.05, 4.69) is 20.9 Å². The van der Waals surface area contributed by atoms with Gasteiger partial charge in [-0.05, 0) is 38.0 Å². The van der Waals surface area contributed by atoms with Crippen molar-refractivity contribution in [3.05, 3.63) is 0 Å². The van der Waals surface area contributed by atoms with Gasteiger partial charge in [-0.25, -0.2) is 4.79 Å². The van der Waals surface area contributed by atoms with E-state index in [0.29, 0.717) is 0 Å². The lowest BCUT2D eigenvalue weighted by atomic mass is 10.0. The molecule has 0 aromatic rings. The smallest absolute Gasteiger partial charge is 0.326 e. The summed E-state index contributed by atoms with van der Waals surface area (Å²) in [7, 11) is 0. The van der Waals surface area contributed by atoms with Crippen molar-refractivity contribution in [1.82, 2.24) is 16.0 Å². The molecule has 0 rings (SSSR count). The van der Waals surface area contributed by atoms with Gasteiger partial charge in [-0.3, -0.25) is 29.0 Å². The molecule has 0 aromatic carbocycles. The average molecular weight is 546 g/mol. The van der Waals surface area contributed by atoms with E-state index >= 15 is 0 Å². The molecule has 12 N–H and O–H groups in total. The number of amides is 3. The third-order valence-corrected chi connectivity index (χ3v) is 5.19. The van der Waals surface area contributed by atoms with Gasteiger partial charge in [0.05, 0.1) is 6.04 Å². The zero-order valence-electron chi connectivity index (χ0n) is 21.5. The second-order valence-electron chi connectivity index (χ2n) is 9.07. The van der Waals surface area contributed by atoms with E-state index in [4.69, 9.17) is 27.4 Å². The molecule has 0 bridgehead atoms. The Labute approximate surface area is 219 Å². The van der Waals surface area contributed by atoms with Gasteiger partial charge in [0.1, 0.15) is 18.1 Å². The number of carbonyl (C=O) groups excluding carboxylic acids is 3. The van der Waals surface area contributed by atoms with Crippen molar-refractivity contribution in [3.63, 3.8) is 0 Å². The van der Waals surface area contributed by atoms with E-state index < -0.39 is 72.6 Å². The van der Waals surface area contributed by atoms with Crippen LogP contribution >= 0.6 is 0 Å². The molecule has 0 saturated carbocycles. The van der Waals surface area contributed by atoms with Crippen LogP contribution in [0.1, 0.15) is 58.8 Å². The highest BCUT2D eigenvalue weighted by Crippen LogP contribution is 2.08. The Hall–Kier alpha value is -3.95. The molecule has 3 amide bonds. The molecule has 0 fully saturated rings. The normalized spacial score (nSPS) is 13.9. The summed E-state index contributed by atoms with van der Waals surface area (Å²) in [4.78, 5) is 75.5. The van der Waals surface area contributed by atoms with E-state index in [1.807, 2.05) is 0 Å². The predicted octanol–water partition coefficient (Wildman–Crippen LogP) is -2.32. The number of nitrogens with zero attached hydrogens (tertiary/aromatic N) is 1. The van der Waals surface area contributed by atoms with Crippen molar-refractivity contribution in [1.29, 1.82) is 0 Å². The molecular weight excluding hydrogens is 506 g/mol. The number of hydrogen-bond donors (Lipinski definition) is 9. The Bertz CT molecular complexity index is 875. The Kier molecular flexibility index (Phi) is 15.7. The largest absolute Gasteiger partial charge is 0.481 e. The number of hydrogen-bond acceptors (Lipinski definition) is 8. The number of rotatable bonds is 19. The number of carbonyl (C=O) groups is 6. The average Bonchev–Trinajstić information content (AvgIpc) is 2.80. The minimum Gasteiger partial charge on any atom is -0.481 e. The molecule has 0 radical (unpaired) electrons. The lowest BCUT2D eigenvalue weighted by Crippen LogP contribution is -2.57. The van der Waals surface area contributed by atoms with Gasteiger partial charge in [0.15, 0.2) is 5.96 Å². The summed E-state index contributed by atoms with van der Waals surface area (Å²) >= 11 is 0. The van der Waals surface area contributed by atoms with Gasteiger partial charge in [0, 0.05) is 19.4 Å². The maximum absolute atomic E-state index is 13.0. The molecule has 0 saturated heterocycles. The Morgan fingerprint density at radius 3 is 1.68 bits per heavy atom. The van der Waals surface area contributed by atoms with Gasteiger partial charge in [-0.2, -0.15) is 0 Å². The van der Waals surface area contributed by atoms with Crippen LogP contribution in [-0.2, 0) is 28.8 Å². The lowest BCUT2D eigenvalue weighted by Gasteiger charge is -2.25. The fraction of sp³-hybridized carbons (Fsp3) is 0.682. The summed E-state index contributed by atoms with van der Waals surface area (Å²) in [6.45, 7) is 3.65. The predicted molar refractivity (Wildman–Crippen MR) is 135 cm³/mol. The van der Waals surface area contributed by atoms with Crippen LogP contribution in [0.2, 0.25) is 0 Å². The van der Waals surface area contributed by atoms with E-state index in [9.17, 15) is 33.9 Å². The van der Waals surface area contributed by atoms with Crippen LogP contribution in [0, 0.1) is 5.92 Å². The van der Waals surface area contributed by atoms with Gasteiger partial charge in [-0.15, -0.1) is 0 Å². The molecule has 216 valence electrons. The quantitative estimate of drug-likeness (QED) is 0.0469. The van der Waals surface area contributed by atoms with Gasteiger partial charge >= 0.3 is 17.9 Å². The fourth-order valence-electron chi connectivity index (χ4n) is 3.24. The highest BCUT2D eigenvalue weighted by molar-refractivity contribution is 5.94. The third kappa shape index (κ3) is 15.2. The van der Waals surface area contributed by atoms with Crippen LogP contribution in [0.5, 0.6) is 0 Å². The zero-order chi connectivity index (χ0) is 29.4. The van der Waals surface area contributed by atoms with Gasteiger partial charge in [0.25, 0.3) is 0 Å². The zero-order valence-corrected chi connectivity index (χ0v) is 21.5. The molecular formula is C22H39N7O9. The van der Waals surface area contributed by atoms with Crippen molar-refractivity contribution in [2.75, 3.05) is 6.54 Å². The van der Waals surface area contributed by atoms with Gasteiger partial charge < -0.3 is 48.5 Å². The standard InChI is InChI=1S/C22H39N7O9/c1-11(2)10-15(21(37)38)29-19(35)13(4-3-9-26-22(24)25)28-20(36)14(6-8-17(32)33)27-18(34)12(23)5-7-16(30)31/h11-15H,3-10,23H2,1-2H3,(H,27,34)(H,28,36)(H,29,35)(H,30,31)(H,32,33)(H,37,38)(H4,24,25,26). The monoisotopic (exact) mass is 545 g/mol. The van der Waals surface area contributed by atoms with Crippen molar-refractivity contribution >= 4 is 41.6 Å². The first-order valence-electron chi connectivity index (χ1n) is 12.0. The molecule has 38 heavy (non-hydrogen) atoms. The first-order chi connectivity index (χ1) is 17.6. The molecule has 0 aliphatic carbocycles. The van der Waals surface area contributed by atoms with E-state index in [0.717, 1.165) is 0 Å². The summed E-state index contributed by atoms with van der Waals surface area (Å²) in [6, 6.07) is -5.20. The minimum atomic E-state index is -1.42. The molecule has 16 heteroatoms. The second kappa shape index (κ2) is 17.5. The Balaban J connectivity index is 5.70. The highest BCUT2D eigenvalue weighted by Gasteiger charge is 2.30. The minimum absolute atomic E-state index is 0.0138. The van der Waals surface area contributed by atoms with Crippen LogP contribution in [-0.4, -0.2) is 87.6 Å². The summed E-state index contributed by atoms with van der Waals surface area (Å²) in [5.41, 5.74) is 16.2. The van der Waals surface area contributed by atoms with Crippen LogP contribution in [0.3, 0.4) is 0 Å². The number of guanidine groups is 1. The van der Waals surface area contributed by atoms with E-state index in [1.54, 1.807) is 13.8 Å². The van der Waals surface area contributed by atoms with Gasteiger partial charge in [-0.1, -0.05) is 13.8 Å². The molecule has 0 spiro atoms. The van der Waals surface area contributed by atoms with E-state index in [1.165, 1.54) is 0 Å². The number of carboxylic acid groups (broad SMARTS) is 3. The molecule has 0 heterocycles. The number of nitrogens with two attached hydrogens (primary N) is 3. The van der Waals surface area contributed by atoms with Crippen molar-refractivity contribution < 1.29 is 44.1 Å². The number of aliphatic carboxylic acids is 3. The first kappa shape index (κ1) is 34.0. The van der Waals surface area contributed by atoms with Crippen LogP contribution in [0.15, 0.2) is 4.99 Å². The fourth-order valence-corrected chi connectivity index (χ4v) is 3.24. The summed E-state index contributed by atoms with van der Waals surface area (Å²) in [5.74, 6) is -6.55. The maximum atomic E-state index is 13.0. The van der Waals surface area contributed by atoms with Crippen molar-refractivity contribution in [2.45, 2.75) is 83.0 Å². The molecule has 0 aliphatic heterocycles. The maximum Gasteiger partial charge on any atom is 0.326 e. The molecule has 16 nitrogen and oxygen atoms in total.